The minimum atomic E-state index is -0.198. The minimum Gasteiger partial charge on any atom is -0.261 e. The molecule has 2 unspecified atom stereocenters. The van der Waals surface area contributed by atoms with E-state index in [1.54, 1.807) is 0 Å². The van der Waals surface area contributed by atoms with Crippen molar-refractivity contribution in [1.29, 1.82) is 0 Å². The number of rotatable bonds is 17. The monoisotopic (exact) mass is 860 g/mol. The average molecular weight is 861 g/mol. The van der Waals surface area contributed by atoms with Crippen LogP contribution >= 0.6 is 0 Å². The summed E-state index contributed by atoms with van der Waals surface area (Å²) in [5.41, 5.74) is 12.8. The molecule has 0 fully saturated rings. The summed E-state index contributed by atoms with van der Waals surface area (Å²) in [4.78, 5) is 9.96. The summed E-state index contributed by atoms with van der Waals surface area (Å²) in [6.07, 6.45) is 12.3. The molecule has 2 atom stereocenters. The van der Waals surface area contributed by atoms with Crippen LogP contribution in [0.25, 0.3) is 21.5 Å². The Kier molecular flexibility index (Phi) is 12.5. The predicted octanol–water partition coefficient (Wildman–Crippen LogP) is 15.0. The highest BCUT2D eigenvalue weighted by atomic mass is 15.1. The molecule has 2 aliphatic heterocycles. The second kappa shape index (κ2) is 19.2. The van der Waals surface area contributed by atoms with E-state index in [1.807, 2.05) is 0 Å². The number of benzene rings is 8. The van der Waals surface area contributed by atoms with Crippen molar-refractivity contribution in [2.75, 3.05) is 13.1 Å². The number of hydrogen-bond donors (Lipinski definition) is 0. The highest BCUT2D eigenvalue weighted by molar-refractivity contribution is 6.08. The van der Waals surface area contributed by atoms with Crippen molar-refractivity contribution in [3.8, 4) is 0 Å². The fourth-order valence-corrected chi connectivity index (χ4v) is 11.3. The first-order valence-electron chi connectivity index (χ1n) is 24.0. The zero-order valence-corrected chi connectivity index (χ0v) is 38.5. The Hall–Kier alpha value is -7.04. The molecule has 0 saturated carbocycles. The van der Waals surface area contributed by atoms with Gasteiger partial charge in [0.15, 0.2) is 11.4 Å². The van der Waals surface area contributed by atoms with Gasteiger partial charge in [-0.1, -0.05) is 146 Å². The first kappa shape index (κ1) is 42.9. The predicted molar refractivity (Wildman–Crippen MR) is 279 cm³/mol. The summed E-state index contributed by atoms with van der Waals surface area (Å²) < 4.78 is 5.35. The van der Waals surface area contributed by atoms with Crippen LogP contribution < -0.4 is 0 Å². The molecule has 10 rings (SSSR count). The zero-order chi connectivity index (χ0) is 44.8. The number of nitrogens with zero attached hydrogens (tertiary/aromatic N) is 4. The van der Waals surface area contributed by atoms with Gasteiger partial charge in [0.25, 0.3) is 0 Å². The number of para-hydroxylation sites is 2. The Morgan fingerprint density at radius 1 is 0.394 bits per heavy atom. The summed E-state index contributed by atoms with van der Waals surface area (Å²) in [6, 6.07) is 70.2. The molecule has 8 aromatic carbocycles. The fraction of sp³-hybridized carbons (Fsp3) is 0.226. The average Bonchev–Trinajstić information content (AvgIpc) is 3.73. The number of hydrogen-bond acceptors (Lipinski definition) is 2. The Bertz CT molecular complexity index is 2880. The molecule has 0 spiro atoms. The fourth-order valence-electron chi connectivity index (χ4n) is 11.3. The zero-order valence-electron chi connectivity index (χ0n) is 38.5. The number of aliphatic imine (C=N–C) groups is 2. The SMILES string of the molecule is CC1(Cc2ccccc2)C(CC=Nc2ccccc2)=[N+](CCCCCC[N+]2=C(CC=Nc3ccccc3)C(C)(Cc3ccccc3)c3c2ccc2ccccc32)c2ccc3ccccc3c21. The summed E-state index contributed by atoms with van der Waals surface area (Å²) in [7, 11) is 0. The van der Waals surface area contributed by atoms with E-state index in [0.29, 0.717) is 0 Å². The third kappa shape index (κ3) is 8.61. The van der Waals surface area contributed by atoms with Crippen LogP contribution in [0.3, 0.4) is 0 Å². The van der Waals surface area contributed by atoms with Crippen molar-refractivity contribution in [1.82, 2.24) is 0 Å². The van der Waals surface area contributed by atoms with Gasteiger partial charge in [-0.2, -0.15) is 9.15 Å². The molecule has 2 heterocycles. The van der Waals surface area contributed by atoms with Gasteiger partial charge in [-0.25, -0.2) is 0 Å². The molecule has 0 amide bonds. The van der Waals surface area contributed by atoms with E-state index in [4.69, 9.17) is 9.98 Å². The normalized spacial score (nSPS) is 18.0. The molecular formula is C62H60N4+2. The van der Waals surface area contributed by atoms with Crippen LogP contribution in [0.2, 0.25) is 0 Å². The van der Waals surface area contributed by atoms with E-state index in [-0.39, 0.29) is 10.8 Å². The van der Waals surface area contributed by atoms with Gasteiger partial charge in [0, 0.05) is 48.5 Å². The van der Waals surface area contributed by atoms with Crippen molar-refractivity contribution in [3.05, 3.63) is 216 Å². The lowest BCUT2D eigenvalue weighted by Gasteiger charge is -2.25. The highest BCUT2D eigenvalue weighted by Gasteiger charge is 2.50. The minimum absolute atomic E-state index is 0.198. The van der Waals surface area contributed by atoms with Crippen molar-refractivity contribution in [2.24, 2.45) is 9.98 Å². The Morgan fingerprint density at radius 2 is 0.758 bits per heavy atom. The molecule has 0 bridgehead atoms. The van der Waals surface area contributed by atoms with E-state index in [0.717, 1.165) is 75.8 Å². The highest BCUT2D eigenvalue weighted by Crippen LogP contribution is 2.48. The van der Waals surface area contributed by atoms with Crippen LogP contribution in [0, 0.1) is 0 Å². The maximum atomic E-state index is 4.98. The molecular weight excluding hydrogens is 801 g/mol. The van der Waals surface area contributed by atoms with Crippen LogP contribution in [0.15, 0.2) is 204 Å². The van der Waals surface area contributed by atoms with Gasteiger partial charge < -0.3 is 0 Å². The van der Waals surface area contributed by atoms with Crippen LogP contribution in [0.5, 0.6) is 0 Å². The maximum absolute atomic E-state index is 4.98. The standard InChI is InChI=1S/C62H60N4/c1-61(45-47-23-9-5-10-24-47)57(39-41-63-51-29-13-7-14-30-51)65(55-37-35-49-27-17-19-33-53(49)59(55)61)43-21-3-4-22-44-66-56-38-36-50-28-18-20-34-54(50)60(56)62(2,46-48-25-11-6-12-26-48)58(66)40-42-64-52-31-15-8-16-32-52/h5-20,23-38,41-42H,3-4,21-22,39-40,43-46H2,1-2H3/q+2. The van der Waals surface area contributed by atoms with Crippen LogP contribution in [-0.2, 0) is 23.7 Å². The molecule has 4 heteroatoms. The van der Waals surface area contributed by atoms with E-state index >= 15 is 0 Å². The molecule has 326 valence electrons. The molecule has 66 heavy (non-hydrogen) atoms. The van der Waals surface area contributed by atoms with Gasteiger partial charge in [-0.05, 0) is 109 Å². The quantitative estimate of drug-likeness (QED) is 0.0496. The van der Waals surface area contributed by atoms with Gasteiger partial charge in [-0.15, -0.1) is 0 Å². The Morgan fingerprint density at radius 3 is 1.17 bits per heavy atom. The van der Waals surface area contributed by atoms with E-state index in [1.165, 1.54) is 66.6 Å². The van der Waals surface area contributed by atoms with Crippen LogP contribution in [0.4, 0.5) is 22.7 Å². The third-order valence-electron chi connectivity index (χ3n) is 14.3. The van der Waals surface area contributed by atoms with E-state index in [2.05, 4.69) is 230 Å². The van der Waals surface area contributed by atoms with Crippen molar-refractivity contribution in [3.63, 3.8) is 0 Å². The molecule has 0 radical (unpaired) electrons. The summed E-state index contributed by atoms with van der Waals surface area (Å²) in [5, 5.41) is 5.31. The molecule has 0 saturated heterocycles. The van der Waals surface area contributed by atoms with Crippen molar-refractivity contribution >= 4 is 68.1 Å². The van der Waals surface area contributed by atoms with Crippen molar-refractivity contribution in [2.45, 2.75) is 76.0 Å². The van der Waals surface area contributed by atoms with Gasteiger partial charge in [0.05, 0.1) is 35.0 Å². The second-order valence-corrected chi connectivity index (χ2v) is 18.7. The first-order valence-corrected chi connectivity index (χ1v) is 24.0. The number of unbranched alkanes of at least 4 members (excludes halogenated alkanes) is 3. The summed E-state index contributed by atoms with van der Waals surface area (Å²) in [5.74, 6) is 0. The molecule has 0 aromatic heterocycles. The first-order chi connectivity index (χ1) is 32.5. The molecule has 2 aliphatic rings. The Labute approximate surface area is 391 Å². The topological polar surface area (TPSA) is 30.7 Å². The molecule has 8 aromatic rings. The third-order valence-corrected chi connectivity index (χ3v) is 14.3. The smallest absolute Gasteiger partial charge is 0.210 e. The number of fused-ring (bicyclic) bond motifs is 6. The van der Waals surface area contributed by atoms with E-state index < -0.39 is 0 Å². The lowest BCUT2D eigenvalue weighted by atomic mass is 9.72. The van der Waals surface area contributed by atoms with Crippen molar-refractivity contribution < 1.29 is 9.15 Å². The largest absolute Gasteiger partial charge is 0.261 e. The molecule has 0 N–H and O–H groups in total. The molecule has 4 nitrogen and oxygen atoms in total. The summed E-state index contributed by atoms with van der Waals surface area (Å²) >= 11 is 0. The Balaban J connectivity index is 0.945. The van der Waals surface area contributed by atoms with Gasteiger partial charge in [-0.3, -0.25) is 9.98 Å². The van der Waals surface area contributed by atoms with Crippen LogP contribution in [0.1, 0.15) is 74.6 Å². The van der Waals surface area contributed by atoms with E-state index in [9.17, 15) is 0 Å². The molecule has 0 aliphatic carbocycles. The van der Waals surface area contributed by atoms with Gasteiger partial charge in [0.1, 0.15) is 13.1 Å². The van der Waals surface area contributed by atoms with Crippen LogP contribution in [-0.4, -0.2) is 46.1 Å². The summed E-state index contributed by atoms with van der Waals surface area (Å²) in [6.45, 7) is 6.92. The lowest BCUT2D eigenvalue weighted by molar-refractivity contribution is -0.442. The maximum Gasteiger partial charge on any atom is 0.210 e. The second-order valence-electron chi connectivity index (χ2n) is 18.7. The van der Waals surface area contributed by atoms with Gasteiger partial charge in [0.2, 0.25) is 11.4 Å². The van der Waals surface area contributed by atoms with Gasteiger partial charge >= 0.3 is 0 Å². The lowest BCUT2D eigenvalue weighted by Crippen LogP contribution is -2.35.